The van der Waals surface area contributed by atoms with Crippen molar-refractivity contribution >= 4 is 35.0 Å². The summed E-state index contributed by atoms with van der Waals surface area (Å²) in [5.74, 6) is 6.37. The van der Waals surface area contributed by atoms with Crippen LogP contribution in [0.2, 0.25) is 10.0 Å². The fourth-order valence-corrected chi connectivity index (χ4v) is 2.54. The molecule has 0 saturated carbocycles. The number of hydrogen-bond donors (Lipinski definition) is 1. The summed E-state index contributed by atoms with van der Waals surface area (Å²) in [6.45, 7) is 7.89. The molecule has 21 heavy (non-hydrogen) atoms. The van der Waals surface area contributed by atoms with Gasteiger partial charge in [0.15, 0.2) is 0 Å². The smallest absolute Gasteiger partial charge is 0.413 e. The fourth-order valence-electron chi connectivity index (χ4n) is 2.21. The summed E-state index contributed by atoms with van der Waals surface area (Å²) in [7, 11) is 0. The van der Waals surface area contributed by atoms with Crippen LogP contribution in [0.5, 0.6) is 0 Å². The van der Waals surface area contributed by atoms with Crippen LogP contribution in [0.15, 0.2) is 12.1 Å². The Labute approximate surface area is 135 Å². The zero-order chi connectivity index (χ0) is 15.8. The molecule has 0 saturated heterocycles. The largest absolute Gasteiger partial charge is 0.425 e. The standard InChI is InChI=1S/C16H17Cl2NO2/c1-9(2)5-6-16(10(3)4)11-7-12(17)13(18)8-14(11)19-15(20)21-16/h7-10H,1-4H3,(H,19,20). The van der Waals surface area contributed by atoms with Crippen LogP contribution < -0.4 is 5.32 Å². The number of anilines is 1. The number of halogens is 2. The lowest BCUT2D eigenvalue weighted by molar-refractivity contribution is 0.0223. The monoisotopic (exact) mass is 325 g/mol. The van der Waals surface area contributed by atoms with E-state index < -0.39 is 11.7 Å². The first-order valence-corrected chi connectivity index (χ1v) is 7.54. The van der Waals surface area contributed by atoms with E-state index in [4.69, 9.17) is 27.9 Å². The third-order valence-electron chi connectivity index (χ3n) is 3.31. The quantitative estimate of drug-likeness (QED) is 0.732. The summed E-state index contributed by atoms with van der Waals surface area (Å²) in [6.07, 6.45) is -0.535. The molecule has 1 N–H and O–H groups in total. The topological polar surface area (TPSA) is 38.3 Å². The molecule has 1 amide bonds. The predicted octanol–water partition coefficient (Wildman–Crippen LogP) is 5.07. The first-order chi connectivity index (χ1) is 9.76. The number of carbonyl (C=O) groups is 1. The van der Waals surface area contributed by atoms with E-state index in [2.05, 4.69) is 17.2 Å². The highest BCUT2D eigenvalue weighted by molar-refractivity contribution is 6.42. The molecule has 0 bridgehead atoms. The lowest BCUT2D eigenvalue weighted by Crippen LogP contribution is -2.42. The second-order valence-corrected chi connectivity index (χ2v) is 6.46. The van der Waals surface area contributed by atoms with Gasteiger partial charge in [0.05, 0.1) is 15.7 Å². The normalized spacial score (nSPS) is 20.5. The SMILES string of the molecule is CC(C)C#CC1(C(C)C)OC(=O)Nc2cc(Cl)c(Cl)cc21. The van der Waals surface area contributed by atoms with E-state index in [1.54, 1.807) is 12.1 Å². The number of cyclic esters (lactones) is 1. The zero-order valence-corrected chi connectivity index (χ0v) is 13.9. The van der Waals surface area contributed by atoms with E-state index in [1.165, 1.54) is 0 Å². The van der Waals surface area contributed by atoms with Crippen molar-refractivity contribution in [3.63, 3.8) is 0 Å². The minimum absolute atomic E-state index is 0.0363. The molecule has 1 heterocycles. The number of hydrogen-bond acceptors (Lipinski definition) is 2. The van der Waals surface area contributed by atoms with Crippen LogP contribution in [0.3, 0.4) is 0 Å². The molecule has 1 atom stereocenters. The van der Waals surface area contributed by atoms with Gasteiger partial charge in [-0.3, -0.25) is 5.32 Å². The van der Waals surface area contributed by atoms with Crippen LogP contribution in [0, 0.1) is 23.7 Å². The van der Waals surface area contributed by atoms with Crippen molar-refractivity contribution in [2.45, 2.75) is 33.3 Å². The van der Waals surface area contributed by atoms with Crippen LogP contribution in [0.1, 0.15) is 33.3 Å². The number of nitrogens with one attached hydrogen (secondary N) is 1. The Balaban J connectivity index is 2.71. The molecule has 0 aromatic heterocycles. The number of fused-ring (bicyclic) bond motifs is 1. The molecule has 0 aliphatic carbocycles. The summed E-state index contributed by atoms with van der Waals surface area (Å²) < 4.78 is 5.58. The Kier molecular flexibility index (Phi) is 4.41. The Hall–Kier alpha value is -1.37. The molecule has 0 spiro atoms. The molecule has 1 aromatic carbocycles. The fraction of sp³-hybridized carbons (Fsp3) is 0.438. The summed E-state index contributed by atoms with van der Waals surface area (Å²) in [5.41, 5.74) is 0.308. The highest BCUT2D eigenvalue weighted by Crippen LogP contribution is 2.44. The van der Waals surface area contributed by atoms with Crippen LogP contribution in [-0.4, -0.2) is 6.09 Å². The van der Waals surface area contributed by atoms with Crippen LogP contribution in [0.4, 0.5) is 10.5 Å². The van der Waals surface area contributed by atoms with Crippen molar-refractivity contribution in [3.05, 3.63) is 27.7 Å². The number of amides is 1. The van der Waals surface area contributed by atoms with Crippen molar-refractivity contribution in [3.8, 4) is 11.8 Å². The molecule has 1 aliphatic heterocycles. The molecule has 1 aliphatic rings. The third-order valence-corrected chi connectivity index (χ3v) is 4.03. The summed E-state index contributed by atoms with van der Waals surface area (Å²) in [6, 6.07) is 3.35. The number of carbonyl (C=O) groups excluding carboxylic acids is 1. The maximum Gasteiger partial charge on any atom is 0.413 e. The highest BCUT2D eigenvalue weighted by atomic mass is 35.5. The lowest BCUT2D eigenvalue weighted by atomic mass is 9.81. The first kappa shape index (κ1) is 16.0. The van der Waals surface area contributed by atoms with E-state index >= 15 is 0 Å². The van der Waals surface area contributed by atoms with Crippen LogP contribution in [-0.2, 0) is 10.3 Å². The molecule has 0 fully saturated rings. The van der Waals surface area contributed by atoms with Crippen molar-refractivity contribution in [1.82, 2.24) is 0 Å². The van der Waals surface area contributed by atoms with Gasteiger partial charge in [0.2, 0.25) is 5.60 Å². The maximum atomic E-state index is 11.9. The molecule has 112 valence electrons. The van der Waals surface area contributed by atoms with E-state index in [0.29, 0.717) is 15.7 Å². The second-order valence-electron chi connectivity index (χ2n) is 5.64. The van der Waals surface area contributed by atoms with E-state index in [9.17, 15) is 4.79 Å². The molecule has 1 aromatic rings. The van der Waals surface area contributed by atoms with Gasteiger partial charge in [-0.05, 0) is 18.1 Å². The van der Waals surface area contributed by atoms with Gasteiger partial charge in [0, 0.05) is 17.4 Å². The van der Waals surface area contributed by atoms with Gasteiger partial charge in [-0.1, -0.05) is 56.8 Å². The van der Waals surface area contributed by atoms with Crippen molar-refractivity contribution < 1.29 is 9.53 Å². The summed E-state index contributed by atoms with van der Waals surface area (Å²) in [5, 5.41) is 3.44. The Morgan fingerprint density at radius 2 is 1.81 bits per heavy atom. The first-order valence-electron chi connectivity index (χ1n) is 6.78. The Bertz CT molecular complexity index is 644. The van der Waals surface area contributed by atoms with Gasteiger partial charge in [0.25, 0.3) is 0 Å². The van der Waals surface area contributed by atoms with E-state index in [1.807, 2.05) is 27.7 Å². The van der Waals surface area contributed by atoms with Crippen molar-refractivity contribution in [2.24, 2.45) is 11.8 Å². The molecule has 1 unspecified atom stereocenters. The minimum atomic E-state index is -1.02. The minimum Gasteiger partial charge on any atom is -0.425 e. The molecular weight excluding hydrogens is 309 g/mol. The van der Waals surface area contributed by atoms with Gasteiger partial charge < -0.3 is 4.74 Å². The van der Waals surface area contributed by atoms with Gasteiger partial charge in [-0.15, -0.1) is 0 Å². The number of rotatable bonds is 1. The van der Waals surface area contributed by atoms with Gasteiger partial charge >= 0.3 is 6.09 Å². The molecule has 2 rings (SSSR count). The van der Waals surface area contributed by atoms with E-state index in [-0.39, 0.29) is 11.8 Å². The molecule has 3 nitrogen and oxygen atoms in total. The Morgan fingerprint density at radius 3 is 2.38 bits per heavy atom. The zero-order valence-electron chi connectivity index (χ0n) is 12.4. The van der Waals surface area contributed by atoms with Crippen LogP contribution in [0.25, 0.3) is 0 Å². The molecule has 0 radical (unpaired) electrons. The lowest BCUT2D eigenvalue weighted by Gasteiger charge is -2.37. The second kappa shape index (κ2) is 5.79. The Morgan fingerprint density at radius 1 is 1.19 bits per heavy atom. The maximum absolute atomic E-state index is 11.9. The van der Waals surface area contributed by atoms with E-state index in [0.717, 1.165) is 5.56 Å². The molecule has 5 heteroatoms. The predicted molar refractivity (Wildman–Crippen MR) is 85.7 cm³/mol. The van der Waals surface area contributed by atoms with Gasteiger partial charge in [-0.2, -0.15) is 0 Å². The van der Waals surface area contributed by atoms with Crippen LogP contribution >= 0.6 is 23.2 Å². The third kappa shape index (κ3) is 2.97. The molecular formula is C16H17Cl2NO2. The number of ether oxygens (including phenoxy) is 1. The highest BCUT2D eigenvalue weighted by Gasteiger charge is 2.44. The number of benzene rings is 1. The van der Waals surface area contributed by atoms with Gasteiger partial charge in [0.1, 0.15) is 0 Å². The summed E-state index contributed by atoms with van der Waals surface area (Å²) >= 11 is 12.2. The summed E-state index contributed by atoms with van der Waals surface area (Å²) in [4.78, 5) is 11.9. The van der Waals surface area contributed by atoms with Crippen molar-refractivity contribution in [2.75, 3.05) is 5.32 Å². The van der Waals surface area contributed by atoms with Gasteiger partial charge in [-0.25, -0.2) is 4.79 Å². The average Bonchev–Trinajstić information content (AvgIpc) is 2.37. The van der Waals surface area contributed by atoms with Crippen molar-refractivity contribution in [1.29, 1.82) is 0 Å². The average molecular weight is 326 g/mol.